The summed E-state index contributed by atoms with van der Waals surface area (Å²) in [6, 6.07) is 0. The highest BCUT2D eigenvalue weighted by Crippen LogP contribution is 2.01. The molecule has 0 aromatic carbocycles. The van der Waals surface area contributed by atoms with Gasteiger partial charge in [0.2, 0.25) is 0 Å². The molecule has 0 aliphatic carbocycles. The Hall–Kier alpha value is -0.380. The van der Waals surface area contributed by atoms with E-state index in [2.05, 4.69) is 15.9 Å². The van der Waals surface area contributed by atoms with Crippen molar-refractivity contribution in [2.45, 2.75) is 25.7 Å². The van der Waals surface area contributed by atoms with Crippen LogP contribution in [0.1, 0.15) is 25.7 Å². The van der Waals surface area contributed by atoms with Crippen molar-refractivity contribution in [3.8, 4) is 0 Å². The van der Waals surface area contributed by atoms with Crippen LogP contribution in [0.3, 0.4) is 0 Å². The van der Waals surface area contributed by atoms with Crippen molar-refractivity contribution in [1.82, 2.24) is 0 Å². The fraction of sp³-hybridized carbons (Fsp3) is 0.714. The van der Waals surface area contributed by atoms with Crippen LogP contribution in [0.15, 0.2) is 0 Å². The van der Waals surface area contributed by atoms with Crippen LogP contribution in [-0.2, 0) is 9.59 Å². The van der Waals surface area contributed by atoms with E-state index in [0.717, 1.165) is 18.2 Å². The molecule has 3 nitrogen and oxygen atoms in total. The lowest BCUT2D eigenvalue weighted by Crippen LogP contribution is -2.06. The largest absolute Gasteiger partial charge is 0.481 e. The average Bonchev–Trinajstić information content (AvgIpc) is 1.86. The Bertz CT molecular complexity index is 145. The summed E-state index contributed by atoms with van der Waals surface area (Å²) in [7, 11) is 0. The van der Waals surface area contributed by atoms with Crippen LogP contribution in [0.2, 0.25) is 0 Å². The molecule has 4 heteroatoms. The molecule has 0 unspecified atom stereocenters. The maximum Gasteiger partial charge on any atom is 0.310 e. The summed E-state index contributed by atoms with van der Waals surface area (Å²) in [4.78, 5) is 20.7. The van der Waals surface area contributed by atoms with Crippen molar-refractivity contribution in [2.24, 2.45) is 0 Å². The second-order valence-electron chi connectivity index (χ2n) is 2.26. The van der Waals surface area contributed by atoms with Gasteiger partial charge in [-0.1, -0.05) is 15.9 Å². The molecule has 0 radical (unpaired) electrons. The number of Topliss-reactive ketones (excluding diaryl/α,β-unsaturated/α-hetero) is 1. The number of carboxylic acids is 1. The smallest absolute Gasteiger partial charge is 0.310 e. The zero-order valence-corrected chi connectivity index (χ0v) is 7.76. The highest BCUT2D eigenvalue weighted by Gasteiger charge is 2.06. The third-order valence-corrected chi connectivity index (χ3v) is 1.75. The molecule has 0 bridgehead atoms. The van der Waals surface area contributed by atoms with E-state index in [1.165, 1.54) is 0 Å². The maximum atomic E-state index is 10.7. The number of unbranched alkanes of at least 4 members (excludes halogenated alkanes) is 1. The van der Waals surface area contributed by atoms with Crippen LogP contribution in [0.25, 0.3) is 0 Å². The normalized spacial score (nSPS) is 9.55. The first-order chi connectivity index (χ1) is 5.16. The van der Waals surface area contributed by atoms with E-state index in [1.54, 1.807) is 0 Å². The van der Waals surface area contributed by atoms with Gasteiger partial charge in [-0.05, 0) is 12.8 Å². The minimum atomic E-state index is -1.03. The molecule has 0 atom stereocenters. The van der Waals surface area contributed by atoms with Gasteiger partial charge in [-0.15, -0.1) is 0 Å². The summed E-state index contributed by atoms with van der Waals surface area (Å²) in [6.07, 6.45) is 1.75. The number of carbonyl (C=O) groups is 2. The molecule has 0 amide bonds. The Morgan fingerprint density at radius 1 is 1.27 bits per heavy atom. The predicted molar refractivity (Wildman–Crippen MR) is 44.9 cm³/mol. The van der Waals surface area contributed by atoms with E-state index in [9.17, 15) is 9.59 Å². The van der Waals surface area contributed by atoms with E-state index in [-0.39, 0.29) is 12.2 Å². The lowest BCUT2D eigenvalue weighted by Gasteiger charge is -1.94. The summed E-state index contributed by atoms with van der Waals surface area (Å²) in [5, 5.41) is 9.08. The summed E-state index contributed by atoms with van der Waals surface area (Å²) in [5.41, 5.74) is 0. The average molecular weight is 223 g/mol. The number of carboxylic acid groups (broad SMARTS) is 1. The van der Waals surface area contributed by atoms with Crippen molar-refractivity contribution in [1.29, 1.82) is 0 Å². The Kier molecular flexibility index (Phi) is 6.12. The van der Waals surface area contributed by atoms with Crippen molar-refractivity contribution < 1.29 is 14.7 Å². The second-order valence-corrected chi connectivity index (χ2v) is 3.05. The molecule has 0 aromatic rings. The lowest BCUT2D eigenvalue weighted by molar-refractivity contribution is -0.140. The zero-order chi connectivity index (χ0) is 8.69. The topological polar surface area (TPSA) is 54.4 Å². The van der Waals surface area contributed by atoms with Gasteiger partial charge in [0.25, 0.3) is 0 Å². The van der Waals surface area contributed by atoms with Crippen LogP contribution in [0.5, 0.6) is 0 Å². The van der Waals surface area contributed by atoms with E-state index in [0.29, 0.717) is 6.42 Å². The molecule has 0 spiro atoms. The lowest BCUT2D eigenvalue weighted by atomic mass is 10.1. The number of carbonyl (C=O) groups excluding carboxylic acids is 1. The number of ketones is 1. The SMILES string of the molecule is O=C(O)CC(=O)CCCCBr. The minimum Gasteiger partial charge on any atom is -0.481 e. The first-order valence-corrected chi connectivity index (χ1v) is 4.58. The Morgan fingerprint density at radius 2 is 1.91 bits per heavy atom. The molecule has 1 N–H and O–H groups in total. The van der Waals surface area contributed by atoms with Crippen LogP contribution in [0.4, 0.5) is 0 Å². The number of alkyl halides is 1. The number of hydrogen-bond donors (Lipinski definition) is 1. The Labute approximate surface area is 73.9 Å². The molecule has 0 aromatic heterocycles. The summed E-state index contributed by atoms with van der Waals surface area (Å²) in [6.45, 7) is 0. The number of hydrogen-bond acceptors (Lipinski definition) is 2. The van der Waals surface area contributed by atoms with E-state index >= 15 is 0 Å². The Balaban J connectivity index is 3.30. The number of halogens is 1. The van der Waals surface area contributed by atoms with Gasteiger partial charge in [0, 0.05) is 11.8 Å². The third kappa shape index (κ3) is 7.52. The number of rotatable bonds is 6. The van der Waals surface area contributed by atoms with Crippen molar-refractivity contribution in [3.05, 3.63) is 0 Å². The van der Waals surface area contributed by atoms with E-state index in [4.69, 9.17) is 5.11 Å². The van der Waals surface area contributed by atoms with Crippen molar-refractivity contribution >= 4 is 27.7 Å². The quantitative estimate of drug-likeness (QED) is 0.422. The van der Waals surface area contributed by atoms with Crippen LogP contribution in [-0.4, -0.2) is 22.2 Å². The summed E-state index contributed by atoms with van der Waals surface area (Å²) < 4.78 is 0. The molecular weight excluding hydrogens is 212 g/mol. The Morgan fingerprint density at radius 3 is 2.36 bits per heavy atom. The van der Waals surface area contributed by atoms with Gasteiger partial charge in [0.1, 0.15) is 12.2 Å². The third-order valence-electron chi connectivity index (χ3n) is 1.19. The molecule has 0 saturated heterocycles. The molecule has 64 valence electrons. The molecule has 0 aliphatic heterocycles. The molecule has 0 fully saturated rings. The zero-order valence-electron chi connectivity index (χ0n) is 6.18. The van der Waals surface area contributed by atoms with Gasteiger partial charge in [-0.3, -0.25) is 9.59 Å². The van der Waals surface area contributed by atoms with Gasteiger partial charge in [-0.25, -0.2) is 0 Å². The standard InChI is InChI=1S/C7H11BrO3/c8-4-2-1-3-6(9)5-7(10)11/h1-5H2,(H,10,11). The van der Waals surface area contributed by atoms with Crippen LogP contribution >= 0.6 is 15.9 Å². The first-order valence-electron chi connectivity index (χ1n) is 3.46. The van der Waals surface area contributed by atoms with Gasteiger partial charge >= 0.3 is 5.97 Å². The molecule has 11 heavy (non-hydrogen) atoms. The highest BCUT2D eigenvalue weighted by atomic mass is 79.9. The summed E-state index contributed by atoms with van der Waals surface area (Å²) >= 11 is 3.22. The fourth-order valence-electron chi connectivity index (χ4n) is 0.674. The first kappa shape index (κ1) is 10.6. The van der Waals surface area contributed by atoms with E-state index in [1.807, 2.05) is 0 Å². The second kappa shape index (κ2) is 6.34. The minimum absolute atomic E-state index is 0.182. The fourth-order valence-corrected chi connectivity index (χ4v) is 1.07. The summed E-state index contributed by atoms with van der Waals surface area (Å²) in [5.74, 6) is -1.22. The van der Waals surface area contributed by atoms with Crippen molar-refractivity contribution in [3.63, 3.8) is 0 Å². The van der Waals surface area contributed by atoms with Gasteiger partial charge in [0.05, 0.1) is 0 Å². The van der Waals surface area contributed by atoms with Crippen LogP contribution < -0.4 is 0 Å². The maximum absolute atomic E-state index is 10.7. The van der Waals surface area contributed by atoms with Gasteiger partial charge < -0.3 is 5.11 Å². The van der Waals surface area contributed by atoms with E-state index < -0.39 is 5.97 Å². The van der Waals surface area contributed by atoms with Crippen molar-refractivity contribution in [2.75, 3.05) is 5.33 Å². The molecule has 0 aliphatic rings. The number of aliphatic carboxylic acids is 1. The van der Waals surface area contributed by atoms with Gasteiger partial charge in [0.15, 0.2) is 0 Å². The highest BCUT2D eigenvalue weighted by molar-refractivity contribution is 9.09. The van der Waals surface area contributed by atoms with Gasteiger partial charge in [-0.2, -0.15) is 0 Å². The predicted octanol–water partition coefficient (Wildman–Crippen LogP) is 1.60. The molecule has 0 rings (SSSR count). The molecular formula is C7H11BrO3. The monoisotopic (exact) mass is 222 g/mol. The van der Waals surface area contributed by atoms with Crippen LogP contribution in [0, 0.1) is 0 Å². The molecule has 0 saturated carbocycles. The molecule has 0 heterocycles.